The molecule has 0 N–H and O–H groups in total. The highest BCUT2D eigenvalue weighted by Gasteiger charge is 2.27. The van der Waals surface area contributed by atoms with Crippen LogP contribution in [0.1, 0.15) is 11.1 Å². The maximum Gasteiger partial charge on any atom is 0.218 e. The molecule has 0 saturated carbocycles. The third-order valence-electron chi connectivity index (χ3n) is 4.34. The lowest BCUT2D eigenvalue weighted by atomic mass is 10.2. The maximum absolute atomic E-state index is 12.6. The fourth-order valence-corrected chi connectivity index (χ4v) is 4.75. The number of benzene rings is 2. The van der Waals surface area contributed by atoms with Gasteiger partial charge < -0.3 is 0 Å². The molecule has 0 unspecified atom stereocenters. The van der Waals surface area contributed by atoms with Gasteiger partial charge in [0.15, 0.2) is 0 Å². The van der Waals surface area contributed by atoms with Gasteiger partial charge in [-0.1, -0.05) is 53.5 Å². The van der Waals surface area contributed by atoms with Crippen LogP contribution in [-0.4, -0.2) is 43.8 Å². The second-order valence-electron chi connectivity index (χ2n) is 6.15. The first-order chi connectivity index (χ1) is 11.9. The summed E-state index contributed by atoms with van der Waals surface area (Å²) in [7, 11) is -3.32. The Morgan fingerprint density at radius 3 is 2.16 bits per heavy atom. The highest BCUT2D eigenvalue weighted by atomic mass is 35.5. The molecule has 0 atom stereocenters. The summed E-state index contributed by atoms with van der Waals surface area (Å²) in [6.07, 6.45) is 0. The van der Waals surface area contributed by atoms with E-state index in [4.69, 9.17) is 23.2 Å². The van der Waals surface area contributed by atoms with Gasteiger partial charge in [0.25, 0.3) is 0 Å². The standard InChI is InChI=1S/C18H20Cl2N2O2S/c19-17-7-5-15(6-8-17)14-25(23,24)22-11-9-21(10-12-22)13-16-3-1-2-4-18(16)20/h1-8H,9-14H2. The average Bonchev–Trinajstić information content (AvgIpc) is 2.59. The molecule has 1 fully saturated rings. The molecule has 134 valence electrons. The van der Waals surface area contributed by atoms with Crippen LogP contribution < -0.4 is 0 Å². The van der Waals surface area contributed by atoms with Crippen LogP contribution in [0.2, 0.25) is 10.0 Å². The molecule has 0 aromatic heterocycles. The number of rotatable bonds is 5. The minimum Gasteiger partial charge on any atom is -0.296 e. The molecule has 3 rings (SSSR count). The summed E-state index contributed by atoms with van der Waals surface area (Å²) in [4.78, 5) is 2.23. The summed E-state index contributed by atoms with van der Waals surface area (Å²) in [5, 5.41) is 1.36. The first-order valence-electron chi connectivity index (χ1n) is 8.12. The van der Waals surface area contributed by atoms with Gasteiger partial charge in [0, 0.05) is 42.8 Å². The molecule has 1 aliphatic heterocycles. The van der Waals surface area contributed by atoms with Crippen molar-refractivity contribution in [2.75, 3.05) is 26.2 Å². The number of halogens is 2. The number of sulfonamides is 1. The van der Waals surface area contributed by atoms with Crippen LogP contribution in [0.4, 0.5) is 0 Å². The van der Waals surface area contributed by atoms with Gasteiger partial charge in [0.1, 0.15) is 0 Å². The molecule has 1 aliphatic rings. The Balaban J connectivity index is 1.57. The fourth-order valence-electron chi connectivity index (χ4n) is 2.92. The quantitative estimate of drug-likeness (QED) is 0.771. The Labute approximate surface area is 159 Å². The molecule has 0 radical (unpaired) electrons. The molecule has 1 heterocycles. The molecule has 0 amide bonds. The van der Waals surface area contributed by atoms with Crippen LogP contribution in [0.3, 0.4) is 0 Å². The first kappa shape index (κ1) is 18.7. The summed E-state index contributed by atoms with van der Waals surface area (Å²) in [6.45, 7) is 3.14. The van der Waals surface area contributed by atoms with E-state index >= 15 is 0 Å². The molecule has 7 heteroatoms. The van der Waals surface area contributed by atoms with E-state index in [2.05, 4.69) is 4.90 Å². The van der Waals surface area contributed by atoms with Gasteiger partial charge in [0.05, 0.1) is 5.75 Å². The van der Waals surface area contributed by atoms with E-state index in [0.717, 1.165) is 22.7 Å². The van der Waals surface area contributed by atoms with E-state index in [0.29, 0.717) is 31.2 Å². The van der Waals surface area contributed by atoms with Gasteiger partial charge in [-0.3, -0.25) is 4.90 Å². The molecular formula is C18H20Cl2N2O2S. The minimum absolute atomic E-state index is 0.00861. The van der Waals surface area contributed by atoms with E-state index < -0.39 is 10.0 Å². The smallest absolute Gasteiger partial charge is 0.218 e. The highest BCUT2D eigenvalue weighted by molar-refractivity contribution is 7.88. The number of hydrogen-bond donors (Lipinski definition) is 0. The Bertz CT molecular complexity index is 817. The summed E-state index contributed by atoms with van der Waals surface area (Å²) in [6, 6.07) is 14.7. The summed E-state index contributed by atoms with van der Waals surface area (Å²) in [5.74, 6) is 0.00861. The SMILES string of the molecule is O=S(=O)(Cc1ccc(Cl)cc1)N1CCN(Cc2ccccc2Cl)CC1. The van der Waals surface area contributed by atoms with Gasteiger partial charge in [-0.15, -0.1) is 0 Å². The van der Waals surface area contributed by atoms with Crippen LogP contribution in [0.15, 0.2) is 48.5 Å². The van der Waals surface area contributed by atoms with Gasteiger partial charge in [-0.2, -0.15) is 4.31 Å². The van der Waals surface area contributed by atoms with Gasteiger partial charge in [-0.05, 0) is 29.3 Å². The highest BCUT2D eigenvalue weighted by Crippen LogP contribution is 2.20. The Hall–Kier alpha value is -1.11. The van der Waals surface area contributed by atoms with Crippen molar-refractivity contribution in [1.29, 1.82) is 0 Å². The van der Waals surface area contributed by atoms with E-state index in [1.807, 2.05) is 24.3 Å². The van der Waals surface area contributed by atoms with Gasteiger partial charge in [0.2, 0.25) is 10.0 Å². The van der Waals surface area contributed by atoms with E-state index in [1.54, 1.807) is 28.6 Å². The zero-order valence-electron chi connectivity index (χ0n) is 13.7. The van der Waals surface area contributed by atoms with Crippen molar-refractivity contribution in [2.24, 2.45) is 0 Å². The van der Waals surface area contributed by atoms with Crippen LogP contribution in [-0.2, 0) is 22.3 Å². The van der Waals surface area contributed by atoms with Crippen molar-refractivity contribution in [3.05, 3.63) is 69.7 Å². The molecule has 4 nitrogen and oxygen atoms in total. The Morgan fingerprint density at radius 2 is 1.52 bits per heavy atom. The molecule has 2 aromatic carbocycles. The number of nitrogens with zero attached hydrogens (tertiary/aromatic N) is 2. The molecule has 25 heavy (non-hydrogen) atoms. The predicted octanol–water partition coefficient (Wildman–Crippen LogP) is 3.64. The second-order valence-corrected chi connectivity index (χ2v) is 8.96. The van der Waals surface area contributed by atoms with E-state index in [9.17, 15) is 8.42 Å². The molecule has 0 bridgehead atoms. The van der Waals surface area contributed by atoms with Crippen molar-refractivity contribution >= 4 is 33.2 Å². The molecule has 0 aliphatic carbocycles. The summed E-state index contributed by atoms with van der Waals surface area (Å²) in [5.41, 5.74) is 1.82. The average molecular weight is 399 g/mol. The third-order valence-corrected chi connectivity index (χ3v) is 6.81. The predicted molar refractivity (Wildman–Crippen MR) is 102 cm³/mol. The maximum atomic E-state index is 12.6. The zero-order chi connectivity index (χ0) is 17.9. The van der Waals surface area contributed by atoms with Gasteiger partial charge in [-0.25, -0.2) is 8.42 Å². The fraction of sp³-hybridized carbons (Fsp3) is 0.333. The van der Waals surface area contributed by atoms with Crippen molar-refractivity contribution < 1.29 is 8.42 Å². The van der Waals surface area contributed by atoms with E-state index in [-0.39, 0.29) is 5.75 Å². The van der Waals surface area contributed by atoms with Gasteiger partial charge >= 0.3 is 0 Å². The van der Waals surface area contributed by atoms with Crippen molar-refractivity contribution in [3.63, 3.8) is 0 Å². The van der Waals surface area contributed by atoms with Crippen molar-refractivity contribution in [1.82, 2.24) is 9.21 Å². The Kier molecular flexibility index (Phi) is 6.02. The second kappa shape index (κ2) is 8.06. The summed E-state index contributed by atoms with van der Waals surface area (Å²) >= 11 is 12.1. The lowest BCUT2D eigenvalue weighted by Crippen LogP contribution is -2.48. The normalized spacial score (nSPS) is 16.9. The van der Waals surface area contributed by atoms with Crippen LogP contribution in [0.25, 0.3) is 0 Å². The zero-order valence-corrected chi connectivity index (χ0v) is 16.1. The Morgan fingerprint density at radius 1 is 0.880 bits per heavy atom. The lowest BCUT2D eigenvalue weighted by Gasteiger charge is -2.34. The molecule has 1 saturated heterocycles. The van der Waals surface area contributed by atoms with Crippen LogP contribution >= 0.6 is 23.2 Å². The first-order valence-corrected chi connectivity index (χ1v) is 10.5. The molecule has 2 aromatic rings. The number of piperazine rings is 1. The van der Waals surface area contributed by atoms with E-state index in [1.165, 1.54) is 0 Å². The largest absolute Gasteiger partial charge is 0.296 e. The third kappa shape index (κ3) is 4.96. The molecule has 0 spiro atoms. The monoisotopic (exact) mass is 398 g/mol. The van der Waals surface area contributed by atoms with Crippen molar-refractivity contribution in [3.8, 4) is 0 Å². The minimum atomic E-state index is -3.32. The topological polar surface area (TPSA) is 40.6 Å². The lowest BCUT2D eigenvalue weighted by molar-refractivity contribution is 0.181. The van der Waals surface area contributed by atoms with Crippen LogP contribution in [0, 0.1) is 0 Å². The van der Waals surface area contributed by atoms with Crippen LogP contribution in [0.5, 0.6) is 0 Å². The molecular weight excluding hydrogens is 379 g/mol. The summed E-state index contributed by atoms with van der Waals surface area (Å²) < 4.78 is 26.8. The number of hydrogen-bond acceptors (Lipinski definition) is 3. The van der Waals surface area contributed by atoms with Crippen molar-refractivity contribution in [2.45, 2.75) is 12.3 Å².